The van der Waals surface area contributed by atoms with Gasteiger partial charge < -0.3 is 10.4 Å². The van der Waals surface area contributed by atoms with Crippen LogP contribution in [0.2, 0.25) is 0 Å². The highest BCUT2D eigenvalue weighted by atomic mass is 32.2. The van der Waals surface area contributed by atoms with E-state index in [2.05, 4.69) is 5.32 Å². The van der Waals surface area contributed by atoms with Crippen molar-refractivity contribution in [1.82, 2.24) is 9.62 Å². The average Bonchev–Trinajstić information content (AvgIpc) is 3.09. The van der Waals surface area contributed by atoms with Crippen LogP contribution in [0, 0.1) is 0 Å². The minimum atomic E-state index is -3.53. The van der Waals surface area contributed by atoms with E-state index >= 15 is 0 Å². The number of amides is 1. The van der Waals surface area contributed by atoms with E-state index in [-0.39, 0.29) is 17.2 Å². The maximum Gasteiger partial charge on any atom is 0.305 e. The van der Waals surface area contributed by atoms with Crippen molar-refractivity contribution in [2.24, 2.45) is 0 Å². The fourth-order valence-electron chi connectivity index (χ4n) is 4.03. The number of rotatable bonds is 6. The van der Waals surface area contributed by atoms with Crippen molar-refractivity contribution in [2.75, 3.05) is 13.1 Å². The quantitative estimate of drug-likeness (QED) is 0.771. The molecule has 1 aliphatic heterocycles. The standard InChI is InChI=1S/C19H26N2O5S/c22-17(23)14-19(10-2-3-11-19)20-18(24)15-6-8-16(9-7-15)27(25,26)21-12-4-1-5-13-21/h6-9H,1-5,10-14H2,(H,20,24)(H,22,23). The van der Waals surface area contributed by atoms with E-state index in [9.17, 15) is 18.0 Å². The Balaban J connectivity index is 1.72. The number of piperidine rings is 1. The Labute approximate surface area is 159 Å². The van der Waals surface area contributed by atoms with Crippen LogP contribution < -0.4 is 5.32 Å². The van der Waals surface area contributed by atoms with Crippen LogP contribution in [0.15, 0.2) is 29.2 Å². The van der Waals surface area contributed by atoms with Crippen molar-refractivity contribution >= 4 is 21.9 Å². The first-order chi connectivity index (χ1) is 12.8. The highest BCUT2D eigenvalue weighted by molar-refractivity contribution is 7.89. The summed E-state index contributed by atoms with van der Waals surface area (Å²) in [7, 11) is -3.53. The minimum Gasteiger partial charge on any atom is -0.481 e. The molecule has 1 saturated heterocycles. The van der Waals surface area contributed by atoms with Gasteiger partial charge in [-0.2, -0.15) is 4.31 Å². The number of carbonyl (C=O) groups is 2. The molecule has 0 radical (unpaired) electrons. The Hall–Kier alpha value is -1.93. The van der Waals surface area contributed by atoms with Crippen LogP contribution in [0.5, 0.6) is 0 Å². The molecule has 2 N–H and O–H groups in total. The summed E-state index contributed by atoms with van der Waals surface area (Å²) in [6, 6.07) is 5.90. The van der Waals surface area contributed by atoms with Gasteiger partial charge in [-0.05, 0) is 49.9 Å². The molecule has 1 amide bonds. The second-order valence-electron chi connectivity index (χ2n) is 7.50. The number of hydrogen-bond donors (Lipinski definition) is 2. The van der Waals surface area contributed by atoms with Crippen LogP contribution in [-0.2, 0) is 14.8 Å². The lowest BCUT2D eigenvalue weighted by Crippen LogP contribution is -2.47. The number of sulfonamides is 1. The summed E-state index contributed by atoms with van der Waals surface area (Å²) in [5, 5.41) is 12.0. The topological polar surface area (TPSA) is 104 Å². The Morgan fingerprint density at radius 1 is 1.00 bits per heavy atom. The number of benzene rings is 1. The molecule has 1 saturated carbocycles. The van der Waals surface area contributed by atoms with E-state index in [1.54, 1.807) is 0 Å². The minimum absolute atomic E-state index is 0.0971. The highest BCUT2D eigenvalue weighted by Crippen LogP contribution is 2.33. The fourth-order valence-corrected chi connectivity index (χ4v) is 5.55. The molecule has 0 aromatic heterocycles. The van der Waals surface area contributed by atoms with Crippen LogP contribution in [-0.4, -0.2) is 48.3 Å². The normalized spacial score (nSPS) is 20.3. The van der Waals surface area contributed by atoms with Crippen molar-refractivity contribution in [3.8, 4) is 0 Å². The second kappa shape index (κ2) is 7.98. The van der Waals surface area contributed by atoms with Gasteiger partial charge in [0.05, 0.1) is 16.9 Å². The molecule has 27 heavy (non-hydrogen) atoms. The van der Waals surface area contributed by atoms with Gasteiger partial charge in [0.25, 0.3) is 5.91 Å². The van der Waals surface area contributed by atoms with Crippen molar-refractivity contribution in [3.63, 3.8) is 0 Å². The van der Waals surface area contributed by atoms with Gasteiger partial charge in [0, 0.05) is 18.7 Å². The van der Waals surface area contributed by atoms with E-state index in [1.165, 1.54) is 28.6 Å². The molecule has 2 fully saturated rings. The summed E-state index contributed by atoms with van der Waals surface area (Å²) in [6.45, 7) is 1.06. The number of carboxylic acids is 1. The lowest BCUT2D eigenvalue weighted by atomic mass is 9.92. The smallest absolute Gasteiger partial charge is 0.305 e. The molecule has 148 valence electrons. The zero-order chi connectivity index (χ0) is 19.5. The summed E-state index contributed by atoms with van der Waals surface area (Å²) in [4.78, 5) is 23.9. The molecule has 0 atom stereocenters. The molecular formula is C19H26N2O5S. The summed E-state index contributed by atoms with van der Waals surface area (Å²) < 4.78 is 26.9. The van der Waals surface area contributed by atoms with Gasteiger partial charge in [0.15, 0.2) is 0 Å². The fraction of sp³-hybridized carbons (Fsp3) is 0.579. The third kappa shape index (κ3) is 4.50. The van der Waals surface area contributed by atoms with Gasteiger partial charge in [-0.25, -0.2) is 8.42 Å². The first kappa shape index (κ1) is 19.8. The molecule has 0 bridgehead atoms. The van der Waals surface area contributed by atoms with Gasteiger partial charge in [-0.1, -0.05) is 19.3 Å². The number of hydrogen-bond acceptors (Lipinski definition) is 4. The van der Waals surface area contributed by atoms with Crippen LogP contribution >= 0.6 is 0 Å². The molecule has 1 aliphatic carbocycles. The molecule has 1 aromatic rings. The van der Waals surface area contributed by atoms with Crippen LogP contribution in [0.1, 0.15) is 61.7 Å². The monoisotopic (exact) mass is 394 g/mol. The van der Waals surface area contributed by atoms with Crippen molar-refractivity contribution in [3.05, 3.63) is 29.8 Å². The summed E-state index contributed by atoms with van der Waals surface area (Å²) >= 11 is 0. The van der Waals surface area contributed by atoms with E-state index < -0.39 is 21.5 Å². The molecule has 0 spiro atoms. The Morgan fingerprint density at radius 3 is 2.15 bits per heavy atom. The lowest BCUT2D eigenvalue weighted by molar-refractivity contribution is -0.138. The molecule has 8 heteroatoms. The Bertz CT molecular complexity index is 792. The third-order valence-corrected chi connectivity index (χ3v) is 7.41. The summed E-state index contributed by atoms with van der Waals surface area (Å²) in [5.74, 6) is -1.29. The Kier molecular flexibility index (Phi) is 5.86. The predicted molar refractivity (Wildman–Crippen MR) is 100.0 cm³/mol. The predicted octanol–water partition coefficient (Wildman–Crippen LogP) is 2.38. The Morgan fingerprint density at radius 2 is 1.59 bits per heavy atom. The van der Waals surface area contributed by atoms with Crippen LogP contribution in [0.25, 0.3) is 0 Å². The van der Waals surface area contributed by atoms with Crippen LogP contribution in [0.3, 0.4) is 0 Å². The van der Waals surface area contributed by atoms with Crippen LogP contribution in [0.4, 0.5) is 0 Å². The number of nitrogens with one attached hydrogen (secondary N) is 1. The maximum atomic E-state index is 12.7. The first-order valence-electron chi connectivity index (χ1n) is 9.47. The molecular weight excluding hydrogens is 368 g/mol. The highest BCUT2D eigenvalue weighted by Gasteiger charge is 2.37. The van der Waals surface area contributed by atoms with Crippen molar-refractivity contribution in [1.29, 1.82) is 0 Å². The lowest BCUT2D eigenvalue weighted by Gasteiger charge is -2.29. The molecule has 1 aromatic carbocycles. The van der Waals surface area contributed by atoms with E-state index in [1.807, 2.05) is 0 Å². The molecule has 1 heterocycles. The first-order valence-corrected chi connectivity index (χ1v) is 10.9. The molecule has 2 aliphatic rings. The zero-order valence-electron chi connectivity index (χ0n) is 15.3. The SMILES string of the molecule is O=C(O)CC1(NC(=O)c2ccc(S(=O)(=O)N3CCCCC3)cc2)CCCC1. The largest absolute Gasteiger partial charge is 0.481 e. The third-order valence-electron chi connectivity index (χ3n) is 5.50. The molecule has 3 rings (SSSR count). The number of carbonyl (C=O) groups excluding carboxylic acids is 1. The molecule has 7 nitrogen and oxygen atoms in total. The average molecular weight is 394 g/mol. The number of nitrogens with zero attached hydrogens (tertiary/aromatic N) is 1. The van der Waals surface area contributed by atoms with E-state index in [0.29, 0.717) is 31.5 Å². The summed E-state index contributed by atoms with van der Waals surface area (Å²) in [6.07, 6.45) is 5.75. The maximum absolute atomic E-state index is 12.7. The van der Waals surface area contributed by atoms with Gasteiger partial charge in [-0.15, -0.1) is 0 Å². The van der Waals surface area contributed by atoms with Gasteiger partial charge in [-0.3, -0.25) is 9.59 Å². The van der Waals surface area contributed by atoms with Gasteiger partial charge >= 0.3 is 5.97 Å². The molecule has 0 unspecified atom stereocenters. The summed E-state index contributed by atoms with van der Waals surface area (Å²) in [5.41, 5.74) is -0.370. The van der Waals surface area contributed by atoms with E-state index in [4.69, 9.17) is 5.11 Å². The van der Waals surface area contributed by atoms with E-state index in [0.717, 1.165) is 32.1 Å². The number of aliphatic carboxylic acids is 1. The van der Waals surface area contributed by atoms with Crippen molar-refractivity contribution < 1.29 is 23.1 Å². The van der Waals surface area contributed by atoms with Crippen molar-refractivity contribution in [2.45, 2.75) is 61.8 Å². The zero-order valence-corrected chi connectivity index (χ0v) is 16.1. The van der Waals surface area contributed by atoms with Gasteiger partial charge in [0.2, 0.25) is 10.0 Å². The van der Waals surface area contributed by atoms with Gasteiger partial charge in [0.1, 0.15) is 0 Å². The second-order valence-corrected chi connectivity index (χ2v) is 9.44. The number of carboxylic acid groups (broad SMARTS) is 1.